The third kappa shape index (κ3) is 8.80. The number of likely N-dealkylation sites (tertiary alicyclic amines) is 1. The first-order valence-corrected chi connectivity index (χ1v) is 15.6. The predicted octanol–water partition coefficient (Wildman–Crippen LogP) is 3.54. The van der Waals surface area contributed by atoms with Crippen molar-refractivity contribution < 1.29 is 31.7 Å². The van der Waals surface area contributed by atoms with E-state index in [2.05, 4.69) is 41.5 Å². The highest BCUT2D eigenvalue weighted by Crippen LogP contribution is 2.34. The first-order chi connectivity index (χ1) is 23.1. The van der Waals surface area contributed by atoms with E-state index in [9.17, 15) is 22.8 Å². The summed E-state index contributed by atoms with van der Waals surface area (Å²) in [6.07, 6.45) is 0.222. The lowest BCUT2D eigenvalue weighted by molar-refractivity contribution is -0.127. The van der Waals surface area contributed by atoms with Crippen LogP contribution in [-0.4, -0.2) is 98.1 Å². The van der Waals surface area contributed by atoms with Gasteiger partial charge in [-0.3, -0.25) is 18.7 Å². The summed E-state index contributed by atoms with van der Waals surface area (Å²) in [5.41, 5.74) is -0.216. The number of likely N-dealkylation sites (N-methyl/N-ethyl adjacent to an activating group) is 1. The minimum Gasteiger partial charge on any atom is -0.376 e. The third-order valence-corrected chi connectivity index (χ3v) is 7.74. The van der Waals surface area contributed by atoms with Crippen molar-refractivity contribution in [2.24, 2.45) is 0 Å². The van der Waals surface area contributed by atoms with Crippen LogP contribution in [0.1, 0.15) is 49.1 Å². The summed E-state index contributed by atoms with van der Waals surface area (Å²) < 4.78 is 65.3. The van der Waals surface area contributed by atoms with Crippen molar-refractivity contribution in [3.63, 3.8) is 0 Å². The van der Waals surface area contributed by atoms with Gasteiger partial charge in [-0.1, -0.05) is 11.2 Å². The van der Waals surface area contributed by atoms with E-state index in [1.54, 1.807) is 31.1 Å². The Hall–Kier alpha value is -4.84. The summed E-state index contributed by atoms with van der Waals surface area (Å²) in [6, 6.07) is 0.834. The van der Waals surface area contributed by atoms with Gasteiger partial charge in [0.05, 0.1) is 53.4 Å². The molecule has 5 heterocycles. The molecule has 0 unspecified atom stereocenters. The second-order valence-corrected chi connectivity index (χ2v) is 12.8. The smallest absolute Gasteiger partial charge is 0.376 e. The van der Waals surface area contributed by atoms with Crippen LogP contribution in [0.4, 0.5) is 28.9 Å². The third-order valence-electron chi connectivity index (χ3n) is 7.74. The number of carbonyl (C=O) groups is 2. The quantitative estimate of drug-likeness (QED) is 0.136. The number of aromatic nitrogens is 6. The van der Waals surface area contributed by atoms with E-state index in [4.69, 9.17) is 4.52 Å². The van der Waals surface area contributed by atoms with Crippen molar-refractivity contribution in [2.75, 3.05) is 44.4 Å². The lowest BCUT2D eigenvalue weighted by Crippen LogP contribution is -2.46. The molecule has 1 fully saturated rings. The molecule has 4 N–H and O–H groups in total. The number of halogens is 4. The Morgan fingerprint density at radius 3 is 2.61 bits per heavy atom. The van der Waals surface area contributed by atoms with Gasteiger partial charge < -0.3 is 30.7 Å². The Balaban J connectivity index is 1.49. The minimum atomic E-state index is -4.68. The van der Waals surface area contributed by atoms with Crippen molar-refractivity contribution in [2.45, 2.75) is 64.1 Å². The van der Waals surface area contributed by atoms with Crippen molar-refractivity contribution in [1.29, 1.82) is 0 Å². The second-order valence-electron chi connectivity index (χ2n) is 12.8. The molecule has 264 valence electrons. The van der Waals surface area contributed by atoms with Crippen LogP contribution < -0.4 is 21.3 Å². The van der Waals surface area contributed by atoms with Gasteiger partial charge in [-0.2, -0.15) is 23.3 Å². The molecule has 0 bridgehead atoms. The molecule has 0 aliphatic carbocycles. The van der Waals surface area contributed by atoms with Gasteiger partial charge in [0.2, 0.25) is 17.6 Å². The molecule has 0 spiro atoms. The van der Waals surface area contributed by atoms with Crippen molar-refractivity contribution in [3.05, 3.63) is 54.0 Å². The Labute approximate surface area is 279 Å². The van der Waals surface area contributed by atoms with Crippen LogP contribution in [0.25, 0.3) is 17.2 Å². The highest BCUT2D eigenvalue weighted by molar-refractivity contribution is 6.00. The monoisotopic (exact) mass is 689 g/mol. The van der Waals surface area contributed by atoms with Gasteiger partial charge in [-0.15, -0.1) is 0 Å². The number of imidazole rings is 1. The summed E-state index contributed by atoms with van der Waals surface area (Å²) in [5.74, 6) is -1.31. The number of hydrogen-bond donors (Lipinski definition) is 4. The number of hydrogen-bond acceptors (Lipinski definition) is 10. The maximum Gasteiger partial charge on any atom is 0.394 e. The van der Waals surface area contributed by atoms with Crippen LogP contribution in [0.5, 0.6) is 0 Å². The van der Waals surface area contributed by atoms with E-state index in [0.717, 1.165) is 0 Å². The molecule has 49 heavy (non-hydrogen) atoms. The molecule has 2 atom stereocenters. The maximum absolute atomic E-state index is 15.1. The first-order valence-electron chi connectivity index (χ1n) is 15.6. The van der Waals surface area contributed by atoms with Crippen LogP contribution in [0.2, 0.25) is 0 Å². The number of rotatable bonds is 11. The van der Waals surface area contributed by atoms with E-state index >= 15 is 4.39 Å². The van der Waals surface area contributed by atoms with E-state index in [1.165, 1.54) is 28.9 Å². The van der Waals surface area contributed by atoms with Gasteiger partial charge in [0.15, 0.2) is 5.65 Å². The highest BCUT2D eigenvalue weighted by Gasteiger charge is 2.34. The molecule has 1 saturated heterocycles. The molecule has 5 rings (SSSR count). The fourth-order valence-corrected chi connectivity index (χ4v) is 5.28. The molecule has 0 saturated carbocycles. The number of amides is 2. The second kappa shape index (κ2) is 14.3. The maximum atomic E-state index is 15.1. The van der Waals surface area contributed by atoms with E-state index in [1.807, 2.05) is 25.7 Å². The SMILES string of the molecule is CNC/C=C/C(=O)Nc1cc(N[C@@H]2CCN(C)C[C@@H]2F)c2nc(-c3noc(CNC(=O)c4cnn(C(C)(C)C)c4)n3)c(CC(F)(F)F)n2c1. The number of piperidine rings is 1. The fourth-order valence-electron chi connectivity index (χ4n) is 5.28. The number of alkyl halides is 4. The predicted molar refractivity (Wildman–Crippen MR) is 173 cm³/mol. The van der Waals surface area contributed by atoms with Gasteiger partial charge in [0.1, 0.15) is 11.9 Å². The number of anilines is 2. The normalized spacial score (nSPS) is 17.6. The lowest BCUT2D eigenvalue weighted by Gasteiger charge is -2.33. The van der Waals surface area contributed by atoms with Crippen LogP contribution >= 0.6 is 0 Å². The summed E-state index contributed by atoms with van der Waals surface area (Å²) in [6.45, 7) is 6.77. The van der Waals surface area contributed by atoms with E-state index < -0.39 is 36.6 Å². The standard InChI is InChI=1S/C31H39F4N11O3/c1-30(2,3)46-15-18(13-38-46)29(48)37-14-25-41-27(43-49-25)26-23(12-31(33,34)35)45-16-19(39-24(47)7-6-9-36-4)11-22(28(45)42-26)40-21-8-10-44(5)17-20(21)32/h6-7,11,13,15-16,20-21,36,40H,8-10,12,14,17H2,1-5H3,(H,37,48)(H,39,47)/b7-6+/t20-,21+/m0/s1. The van der Waals surface area contributed by atoms with Gasteiger partial charge in [-0.05, 0) is 47.4 Å². The van der Waals surface area contributed by atoms with Gasteiger partial charge >= 0.3 is 6.18 Å². The summed E-state index contributed by atoms with van der Waals surface area (Å²) in [5, 5.41) is 19.4. The van der Waals surface area contributed by atoms with Gasteiger partial charge in [-0.25, -0.2) is 9.37 Å². The molecule has 1 aliphatic heterocycles. The zero-order valence-corrected chi connectivity index (χ0v) is 27.7. The van der Waals surface area contributed by atoms with E-state index in [-0.39, 0.29) is 58.8 Å². The number of nitrogens with zero attached hydrogens (tertiary/aromatic N) is 7. The zero-order chi connectivity index (χ0) is 35.5. The number of carbonyl (C=O) groups excluding carboxylic acids is 2. The Morgan fingerprint density at radius 1 is 1.16 bits per heavy atom. The lowest BCUT2D eigenvalue weighted by atomic mass is 10.0. The number of nitrogens with one attached hydrogen (secondary N) is 4. The van der Waals surface area contributed by atoms with Gasteiger partial charge in [0.25, 0.3) is 5.91 Å². The number of fused-ring (bicyclic) bond motifs is 1. The van der Waals surface area contributed by atoms with Crippen molar-refractivity contribution >= 4 is 28.8 Å². The van der Waals surface area contributed by atoms with Crippen LogP contribution in [-0.2, 0) is 23.3 Å². The first kappa shape index (κ1) is 35.5. The van der Waals surface area contributed by atoms with Gasteiger partial charge in [0, 0.05) is 38.1 Å². The fraction of sp³-hybridized carbons (Fsp3) is 0.484. The summed E-state index contributed by atoms with van der Waals surface area (Å²) in [7, 11) is 3.51. The summed E-state index contributed by atoms with van der Waals surface area (Å²) >= 11 is 0. The average Bonchev–Trinajstić information content (AvgIpc) is 3.76. The highest BCUT2D eigenvalue weighted by atomic mass is 19.4. The molecule has 2 amide bonds. The molecule has 0 aromatic carbocycles. The molecule has 14 nitrogen and oxygen atoms in total. The van der Waals surface area contributed by atoms with Crippen molar-refractivity contribution in [1.82, 2.24) is 44.8 Å². The van der Waals surface area contributed by atoms with Crippen LogP contribution in [0.3, 0.4) is 0 Å². The Kier molecular flexibility index (Phi) is 10.4. The molecule has 18 heteroatoms. The Morgan fingerprint density at radius 2 is 1.94 bits per heavy atom. The minimum absolute atomic E-state index is 0.0413. The molecule has 4 aromatic heterocycles. The largest absolute Gasteiger partial charge is 0.394 e. The molecular formula is C31H39F4N11O3. The zero-order valence-electron chi connectivity index (χ0n) is 27.7. The number of pyridine rings is 1. The molecule has 1 aliphatic rings. The summed E-state index contributed by atoms with van der Waals surface area (Å²) in [4.78, 5) is 35.9. The Bertz CT molecular complexity index is 1820. The van der Waals surface area contributed by atoms with Crippen LogP contribution in [0, 0.1) is 0 Å². The van der Waals surface area contributed by atoms with Crippen molar-refractivity contribution in [3.8, 4) is 11.5 Å². The topological polar surface area (TPSA) is 160 Å². The molecule has 0 radical (unpaired) electrons. The molecule has 4 aromatic rings. The van der Waals surface area contributed by atoms with E-state index in [0.29, 0.717) is 25.1 Å². The molecular weight excluding hydrogens is 650 g/mol. The van der Waals surface area contributed by atoms with Crippen LogP contribution in [0.15, 0.2) is 41.3 Å². The average molecular weight is 690 g/mol.